The number of sulfone groups is 1. The molecule has 114 valence electrons. The van der Waals surface area contributed by atoms with Gasteiger partial charge in [-0.1, -0.05) is 44.9 Å². The van der Waals surface area contributed by atoms with Crippen molar-refractivity contribution in [1.29, 1.82) is 0 Å². The molecule has 0 aromatic heterocycles. The second kappa shape index (κ2) is 8.30. The summed E-state index contributed by atoms with van der Waals surface area (Å²) in [5.41, 5.74) is 1.24. The summed E-state index contributed by atoms with van der Waals surface area (Å²) < 4.78 is 27.8. The molecule has 0 aliphatic heterocycles. The maximum atomic E-state index is 11.0. The van der Waals surface area contributed by atoms with E-state index in [0.717, 1.165) is 31.4 Å². The first-order valence-electron chi connectivity index (χ1n) is 7.29. The van der Waals surface area contributed by atoms with Crippen molar-refractivity contribution in [2.75, 3.05) is 18.6 Å². The first-order valence-corrected chi connectivity index (χ1v) is 9.35. The Balaban J connectivity index is 2.22. The van der Waals surface area contributed by atoms with Crippen LogP contribution in [0.2, 0.25) is 0 Å². The van der Waals surface area contributed by atoms with Gasteiger partial charge in [0.15, 0.2) is 0 Å². The third-order valence-electron chi connectivity index (χ3n) is 3.21. The van der Waals surface area contributed by atoms with Crippen molar-refractivity contribution < 1.29 is 13.2 Å². The van der Waals surface area contributed by atoms with E-state index in [9.17, 15) is 8.42 Å². The van der Waals surface area contributed by atoms with Crippen LogP contribution in [-0.4, -0.2) is 27.0 Å². The normalized spacial score (nSPS) is 11.8. The van der Waals surface area contributed by atoms with Gasteiger partial charge in [0.1, 0.15) is 15.6 Å². The van der Waals surface area contributed by atoms with E-state index in [1.165, 1.54) is 11.8 Å². The van der Waals surface area contributed by atoms with Gasteiger partial charge in [-0.25, -0.2) is 8.42 Å². The van der Waals surface area contributed by atoms with Crippen LogP contribution < -0.4 is 4.74 Å². The zero-order valence-corrected chi connectivity index (χ0v) is 13.6. The summed E-state index contributed by atoms with van der Waals surface area (Å²) in [6.45, 7) is 5.02. The summed E-state index contributed by atoms with van der Waals surface area (Å²) in [6, 6.07) is 8.14. The lowest BCUT2D eigenvalue weighted by Gasteiger charge is -2.13. The van der Waals surface area contributed by atoms with Gasteiger partial charge < -0.3 is 4.74 Å². The SMILES string of the molecule is CC(C)c1ccccc1OCCCCCCS(C)(=O)=O. The summed E-state index contributed by atoms with van der Waals surface area (Å²) in [4.78, 5) is 0. The molecule has 3 nitrogen and oxygen atoms in total. The lowest BCUT2D eigenvalue weighted by Crippen LogP contribution is -2.04. The van der Waals surface area contributed by atoms with E-state index in [0.29, 0.717) is 18.3 Å². The minimum Gasteiger partial charge on any atom is -0.493 e. The Hall–Kier alpha value is -1.03. The van der Waals surface area contributed by atoms with Crippen LogP contribution in [0.5, 0.6) is 5.75 Å². The van der Waals surface area contributed by atoms with Crippen LogP contribution in [-0.2, 0) is 9.84 Å². The van der Waals surface area contributed by atoms with Gasteiger partial charge in [0.25, 0.3) is 0 Å². The molecule has 0 spiro atoms. The molecule has 0 unspecified atom stereocenters. The topological polar surface area (TPSA) is 43.4 Å². The molecule has 20 heavy (non-hydrogen) atoms. The van der Waals surface area contributed by atoms with Crippen LogP contribution in [0, 0.1) is 0 Å². The number of para-hydroxylation sites is 1. The molecule has 1 rings (SSSR count). The van der Waals surface area contributed by atoms with Crippen molar-refractivity contribution in [3.05, 3.63) is 29.8 Å². The Labute approximate surface area is 123 Å². The average molecular weight is 298 g/mol. The molecule has 0 N–H and O–H groups in total. The Morgan fingerprint density at radius 3 is 2.35 bits per heavy atom. The van der Waals surface area contributed by atoms with E-state index in [2.05, 4.69) is 19.9 Å². The zero-order valence-electron chi connectivity index (χ0n) is 12.8. The minimum absolute atomic E-state index is 0.296. The fourth-order valence-electron chi connectivity index (χ4n) is 2.09. The molecule has 0 atom stereocenters. The molecular weight excluding hydrogens is 272 g/mol. The Morgan fingerprint density at radius 1 is 1.05 bits per heavy atom. The average Bonchev–Trinajstić information content (AvgIpc) is 2.36. The number of unbranched alkanes of at least 4 members (excludes halogenated alkanes) is 3. The summed E-state index contributed by atoms with van der Waals surface area (Å²) in [5.74, 6) is 1.73. The number of hydrogen-bond acceptors (Lipinski definition) is 3. The van der Waals surface area contributed by atoms with E-state index < -0.39 is 9.84 Å². The van der Waals surface area contributed by atoms with Gasteiger partial charge in [-0.3, -0.25) is 0 Å². The Morgan fingerprint density at radius 2 is 1.70 bits per heavy atom. The van der Waals surface area contributed by atoms with Gasteiger partial charge in [-0.15, -0.1) is 0 Å². The highest BCUT2D eigenvalue weighted by Crippen LogP contribution is 2.25. The molecule has 0 saturated heterocycles. The number of rotatable bonds is 9. The second-order valence-electron chi connectivity index (χ2n) is 5.59. The molecule has 0 amide bonds. The van der Waals surface area contributed by atoms with Crippen molar-refractivity contribution in [3.8, 4) is 5.75 Å². The van der Waals surface area contributed by atoms with Crippen LogP contribution in [0.15, 0.2) is 24.3 Å². The van der Waals surface area contributed by atoms with Crippen LogP contribution in [0.1, 0.15) is 51.0 Å². The second-order valence-corrected chi connectivity index (χ2v) is 7.84. The predicted molar refractivity (Wildman–Crippen MR) is 84.2 cm³/mol. The minimum atomic E-state index is -2.81. The molecule has 1 aromatic carbocycles. The monoisotopic (exact) mass is 298 g/mol. The molecule has 0 aliphatic rings. The van der Waals surface area contributed by atoms with E-state index >= 15 is 0 Å². The highest BCUT2D eigenvalue weighted by molar-refractivity contribution is 7.90. The molecule has 0 bridgehead atoms. The Kier molecular flexibility index (Phi) is 7.06. The molecule has 0 fully saturated rings. The van der Waals surface area contributed by atoms with Gasteiger partial charge >= 0.3 is 0 Å². The smallest absolute Gasteiger partial charge is 0.147 e. The molecule has 0 saturated carbocycles. The van der Waals surface area contributed by atoms with Gasteiger partial charge in [0, 0.05) is 12.0 Å². The van der Waals surface area contributed by atoms with Crippen LogP contribution in [0.4, 0.5) is 0 Å². The van der Waals surface area contributed by atoms with E-state index in [1.807, 2.05) is 18.2 Å². The fourth-order valence-corrected chi connectivity index (χ4v) is 2.82. The maximum absolute atomic E-state index is 11.0. The third kappa shape index (κ3) is 6.94. The molecule has 0 aliphatic carbocycles. The molecule has 0 radical (unpaired) electrons. The van der Waals surface area contributed by atoms with E-state index in [-0.39, 0.29) is 0 Å². The van der Waals surface area contributed by atoms with E-state index in [1.54, 1.807) is 0 Å². The number of ether oxygens (including phenoxy) is 1. The van der Waals surface area contributed by atoms with Crippen molar-refractivity contribution in [3.63, 3.8) is 0 Å². The zero-order chi connectivity index (χ0) is 15.0. The summed E-state index contributed by atoms with van der Waals surface area (Å²) >= 11 is 0. The number of hydrogen-bond donors (Lipinski definition) is 0. The van der Waals surface area contributed by atoms with Crippen molar-refractivity contribution in [2.45, 2.75) is 45.4 Å². The summed E-state index contributed by atoms with van der Waals surface area (Å²) in [6.07, 6.45) is 4.97. The maximum Gasteiger partial charge on any atom is 0.147 e. The number of benzene rings is 1. The van der Waals surface area contributed by atoms with Crippen molar-refractivity contribution in [2.24, 2.45) is 0 Å². The van der Waals surface area contributed by atoms with Gasteiger partial charge in [0.05, 0.1) is 6.61 Å². The highest BCUT2D eigenvalue weighted by atomic mass is 32.2. The summed E-state index contributed by atoms with van der Waals surface area (Å²) in [5, 5.41) is 0. The molecule has 0 heterocycles. The standard InChI is InChI=1S/C16H26O3S/c1-14(2)15-10-6-7-11-16(15)19-12-8-4-5-9-13-20(3,17)18/h6-7,10-11,14H,4-5,8-9,12-13H2,1-3H3. The van der Waals surface area contributed by atoms with Crippen LogP contribution >= 0.6 is 0 Å². The van der Waals surface area contributed by atoms with Gasteiger partial charge in [-0.05, 0) is 30.4 Å². The van der Waals surface area contributed by atoms with Gasteiger partial charge in [-0.2, -0.15) is 0 Å². The van der Waals surface area contributed by atoms with Crippen molar-refractivity contribution >= 4 is 9.84 Å². The molecule has 4 heteroatoms. The first-order chi connectivity index (χ1) is 9.40. The largest absolute Gasteiger partial charge is 0.493 e. The Bertz CT molecular complexity index is 492. The lowest BCUT2D eigenvalue weighted by molar-refractivity contribution is 0.301. The summed E-state index contributed by atoms with van der Waals surface area (Å²) in [7, 11) is -2.81. The highest BCUT2D eigenvalue weighted by Gasteiger charge is 2.06. The molecule has 1 aromatic rings. The van der Waals surface area contributed by atoms with E-state index in [4.69, 9.17) is 4.74 Å². The fraction of sp³-hybridized carbons (Fsp3) is 0.625. The lowest BCUT2D eigenvalue weighted by atomic mass is 10.0. The van der Waals surface area contributed by atoms with Crippen LogP contribution in [0.25, 0.3) is 0 Å². The quantitative estimate of drug-likeness (QED) is 0.651. The predicted octanol–water partition coefficient (Wildman–Crippen LogP) is 3.79. The first kappa shape index (κ1) is 17.0. The third-order valence-corrected chi connectivity index (χ3v) is 4.24. The van der Waals surface area contributed by atoms with Crippen LogP contribution in [0.3, 0.4) is 0 Å². The molecular formula is C16H26O3S. The van der Waals surface area contributed by atoms with Gasteiger partial charge in [0.2, 0.25) is 0 Å². The van der Waals surface area contributed by atoms with Crippen molar-refractivity contribution in [1.82, 2.24) is 0 Å².